The van der Waals surface area contributed by atoms with Crippen LogP contribution in [0.1, 0.15) is 29.0 Å². The number of carbonyl (C=O) groups is 2. The van der Waals surface area contributed by atoms with Crippen LogP contribution >= 0.6 is 11.8 Å². The number of allylic oxidation sites excluding steroid dienone is 1. The summed E-state index contributed by atoms with van der Waals surface area (Å²) in [6.07, 6.45) is 1.44. The molecule has 0 unspecified atom stereocenters. The van der Waals surface area contributed by atoms with Crippen molar-refractivity contribution in [1.29, 1.82) is 0 Å². The van der Waals surface area contributed by atoms with E-state index in [0.717, 1.165) is 18.4 Å². The molecule has 1 fully saturated rings. The highest BCUT2D eigenvalue weighted by molar-refractivity contribution is 8.08. The molecule has 2 atom stereocenters. The number of imide groups is 1. The molecule has 2 aromatic rings. The summed E-state index contributed by atoms with van der Waals surface area (Å²) in [7, 11) is 0. The van der Waals surface area contributed by atoms with E-state index in [4.69, 9.17) is 4.74 Å². The molecular formula is C23H21NO3S. The number of nitrogens with zero attached hydrogens (tertiary/aromatic N) is 1. The van der Waals surface area contributed by atoms with Gasteiger partial charge < -0.3 is 4.74 Å². The number of fused-ring (bicyclic) bond motifs is 2. The summed E-state index contributed by atoms with van der Waals surface area (Å²) >= 11 is 1.76. The fourth-order valence-corrected chi connectivity index (χ4v) is 6.05. The van der Waals surface area contributed by atoms with Crippen LogP contribution in [0.4, 0.5) is 4.79 Å². The monoisotopic (exact) mass is 391 g/mol. The Morgan fingerprint density at radius 3 is 2.61 bits per heavy atom. The van der Waals surface area contributed by atoms with Gasteiger partial charge in [0.25, 0.3) is 0 Å². The van der Waals surface area contributed by atoms with E-state index in [1.54, 1.807) is 11.8 Å². The zero-order valence-electron chi connectivity index (χ0n) is 15.5. The van der Waals surface area contributed by atoms with E-state index in [0.29, 0.717) is 18.9 Å². The maximum absolute atomic E-state index is 13.3. The molecular weight excluding hydrogens is 370 g/mol. The van der Waals surface area contributed by atoms with Crippen molar-refractivity contribution in [3.05, 3.63) is 76.9 Å². The van der Waals surface area contributed by atoms with Gasteiger partial charge in [0.15, 0.2) is 0 Å². The van der Waals surface area contributed by atoms with Gasteiger partial charge in [-0.25, -0.2) is 9.69 Å². The SMILES string of the molecule is O=C1OCCN1C(=O)[C@H]1CSC2=C(CCc3ccccc32)[C@H]1c1ccccc1. The van der Waals surface area contributed by atoms with E-state index in [-0.39, 0.29) is 17.7 Å². The molecule has 1 saturated heterocycles. The Hall–Kier alpha value is -2.53. The molecule has 2 amide bonds. The summed E-state index contributed by atoms with van der Waals surface area (Å²) in [5.41, 5.74) is 5.18. The van der Waals surface area contributed by atoms with E-state index in [1.807, 2.05) is 18.2 Å². The Morgan fingerprint density at radius 2 is 1.82 bits per heavy atom. The summed E-state index contributed by atoms with van der Waals surface area (Å²) < 4.78 is 5.02. The van der Waals surface area contributed by atoms with Crippen LogP contribution in [0, 0.1) is 5.92 Å². The van der Waals surface area contributed by atoms with Crippen molar-refractivity contribution in [1.82, 2.24) is 4.90 Å². The lowest BCUT2D eigenvalue weighted by molar-refractivity contribution is -0.131. The van der Waals surface area contributed by atoms with Crippen LogP contribution < -0.4 is 0 Å². The number of cyclic esters (lactones) is 1. The Balaban J connectivity index is 1.60. The summed E-state index contributed by atoms with van der Waals surface area (Å²) in [5, 5.41) is 0. The number of aryl methyl sites for hydroxylation is 1. The highest BCUT2D eigenvalue weighted by Crippen LogP contribution is 2.52. The Kier molecular flexibility index (Phi) is 4.47. The second-order valence-electron chi connectivity index (χ2n) is 7.42. The van der Waals surface area contributed by atoms with E-state index in [9.17, 15) is 9.59 Å². The molecule has 2 aromatic carbocycles. The van der Waals surface area contributed by atoms with Crippen molar-refractivity contribution in [3.8, 4) is 0 Å². The lowest BCUT2D eigenvalue weighted by atomic mass is 9.75. The van der Waals surface area contributed by atoms with Crippen LogP contribution in [0.5, 0.6) is 0 Å². The molecule has 28 heavy (non-hydrogen) atoms. The number of amides is 2. The maximum Gasteiger partial charge on any atom is 0.416 e. The number of hydrogen-bond donors (Lipinski definition) is 0. The molecule has 0 radical (unpaired) electrons. The minimum Gasteiger partial charge on any atom is -0.447 e. The number of carbonyl (C=O) groups excluding carboxylic acids is 2. The number of benzene rings is 2. The number of rotatable bonds is 2. The van der Waals surface area contributed by atoms with E-state index in [2.05, 4.69) is 36.4 Å². The van der Waals surface area contributed by atoms with Crippen molar-refractivity contribution in [2.24, 2.45) is 5.92 Å². The summed E-state index contributed by atoms with van der Waals surface area (Å²) in [5.74, 6) is 0.332. The van der Waals surface area contributed by atoms with Crippen molar-refractivity contribution < 1.29 is 14.3 Å². The highest BCUT2D eigenvalue weighted by Gasteiger charge is 2.43. The van der Waals surface area contributed by atoms with Crippen molar-refractivity contribution in [2.45, 2.75) is 18.8 Å². The van der Waals surface area contributed by atoms with Gasteiger partial charge in [0.1, 0.15) is 6.61 Å². The maximum atomic E-state index is 13.3. The predicted octanol–water partition coefficient (Wildman–Crippen LogP) is 4.47. The lowest BCUT2D eigenvalue weighted by Crippen LogP contribution is -2.42. The van der Waals surface area contributed by atoms with Crippen molar-refractivity contribution >= 4 is 28.7 Å². The first-order chi connectivity index (χ1) is 13.7. The third-order valence-electron chi connectivity index (χ3n) is 5.91. The molecule has 5 heteroatoms. The predicted molar refractivity (Wildman–Crippen MR) is 110 cm³/mol. The quantitative estimate of drug-likeness (QED) is 0.758. The molecule has 0 aromatic heterocycles. The summed E-state index contributed by atoms with van der Waals surface area (Å²) in [6, 6.07) is 18.8. The van der Waals surface area contributed by atoms with Crippen LogP contribution in [0.25, 0.3) is 4.91 Å². The minimum atomic E-state index is -0.504. The van der Waals surface area contributed by atoms with Gasteiger partial charge in [-0.1, -0.05) is 54.6 Å². The molecule has 0 spiro atoms. The van der Waals surface area contributed by atoms with E-state index >= 15 is 0 Å². The van der Waals surface area contributed by atoms with Gasteiger partial charge >= 0.3 is 6.09 Å². The van der Waals surface area contributed by atoms with Gasteiger partial charge in [-0.15, -0.1) is 11.8 Å². The van der Waals surface area contributed by atoms with Gasteiger partial charge in [-0.2, -0.15) is 0 Å². The molecule has 142 valence electrons. The fraction of sp³-hybridized carbons (Fsp3) is 0.304. The van der Waals surface area contributed by atoms with Crippen molar-refractivity contribution in [2.75, 3.05) is 18.9 Å². The first-order valence-electron chi connectivity index (χ1n) is 9.71. The average molecular weight is 391 g/mol. The summed E-state index contributed by atoms with van der Waals surface area (Å²) in [6.45, 7) is 0.650. The van der Waals surface area contributed by atoms with Gasteiger partial charge in [-0.05, 0) is 35.1 Å². The topological polar surface area (TPSA) is 46.6 Å². The normalized spacial score (nSPS) is 23.9. The molecule has 0 bridgehead atoms. The fourth-order valence-electron chi connectivity index (χ4n) is 4.60. The Bertz CT molecular complexity index is 969. The van der Waals surface area contributed by atoms with Crippen molar-refractivity contribution in [3.63, 3.8) is 0 Å². The minimum absolute atomic E-state index is 0.00621. The largest absolute Gasteiger partial charge is 0.447 e. The zero-order valence-corrected chi connectivity index (χ0v) is 16.3. The van der Waals surface area contributed by atoms with E-state index in [1.165, 1.54) is 26.5 Å². The highest BCUT2D eigenvalue weighted by atomic mass is 32.2. The summed E-state index contributed by atoms with van der Waals surface area (Å²) in [4.78, 5) is 27.9. The number of hydrogen-bond acceptors (Lipinski definition) is 4. The third kappa shape index (κ3) is 2.85. The van der Waals surface area contributed by atoms with Gasteiger partial charge in [0, 0.05) is 16.6 Å². The molecule has 2 aliphatic heterocycles. The Labute approximate surface area is 168 Å². The molecule has 0 N–H and O–H groups in total. The first kappa shape index (κ1) is 17.6. The van der Waals surface area contributed by atoms with Crippen LogP contribution in [0.15, 0.2) is 60.2 Å². The smallest absolute Gasteiger partial charge is 0.416 e. The average Bonchev–Trinajstić information content (AvgIpc) is 3.18. The van der Waals surface area contributed by atoms with Crippen LogP contribution in [-0.4, -0.2) is 35.8 Å². The third-order valence-corrected chi connectivity index (χ3v) is 7.20. The molecule has 2 heterocycles. The molecule has 5 rings (SSSR count). The van der Waals surface area contributed by atoms with Gasteiger partial charge in [0.2, 0.25) is 5.91 Å². The molecule has 4 nitrogen and oxygen atoms in total. The zero-order chi connectivity index (χ0) is 19.1. The standard InChI is InChI=1S/C23H21NO3S/c25-22(24-12-13-27-23(24)26)19-14-28-21-17-9-5-4-6-15(17)10-11-18(21)20(19)16-7-2-1-3-8-16/h1-9,19-20H,10-14H2/t19-,20+/m0/s1. The molecule has 0 saturated carbocycles. The second kappa shape index (κ2) is 7.13. The first-order valence-corrected chi connectivity index (χ1v) is 10.7. The second-order valence-corrected chi connectivity index (χ2v) is 8.45. The van der Waals surface area contributed by atoms with Gasteiger partial charge in [0.05, 0.1) is 12.5 Å². The van der Waals surface area contributed by atoms with Gasteiger partial charge in [-0.3, -0.25) is 4.79 Å². The number of thioether (sulfide) groups is 1. The van der Waals surface area contributed by atoms with E-state index < -0.39 is 6.09 Å². The van der Waals surface area contributed by atoms with Crippen LogP contribution in [0.3, 0.4) is 0 Å². The Morgan fingerprint density at radius 1 is 1.04 bits per heavy atom. The molecule has 3 aliphatic rings. The molecule has 1 aliphatic carbocycles. The lowest BCUT2D eigenvalue weighted by Gasteiger charge is -2.38. The van der Waals surface area contributed by atoms with Crippen LogP contribution in [0.2, 0.25) is 0 Å². The van der Waals surface area contributed by atoms with Crippen LogP contribution in [-0.2, 0) is 16.0 Å². The number of ether oxygens (including phenoxy) is 1.